The molecule has 0 amide bonds. The highest BCUT2D eigenvalue weighted by Crippen LogP contribution is 2.26. The zero-order valence-electron chi connectivity index (χ0n) is 12.6. The van der Waals surface area contributed by atoms with Crippen molar-refractivity contribution in [2.75, 3.05) is 33.3 Å². The Balaban J connectivity index is 1.80. The molecule has 22 heavy (non-hydrogen) atoms. The summed E-state index contributed by atoms with van der Waals surface area (Å²) in [5.74, 6) is 0.658. The number of ether oxygens (including phenoxy) is 1. The van der Waals surface area contributed by atoms with Gasteiger partial charge < -0.3 is 10.1 Å². The number of benzene rings is 1. The second kappa shape index (κ2) is 7.09. The first-order valence-electron chi connectivity index (χ1n) is 7.44. The summed E-state index contributed by atoms with van der Waals surface area (Å²) in [6.07, 6.45) is 2.98. The normalized spacial score (nSPS) is 16.5. The minimum Gasteiger partial charge on any atom is -0.495 e. The summed E-state index contributed by atoms with van der Waals surface area (Å²) in [5.41, 5.74) is 1.95. The molecule has 118 valence electrons. The standard InChI is InChI=1S/C15H20ClN5O/c1-22-15-4-3-12(9-14(15)16)21-13(10-18-19-21)11-20-7-2-5-17-6-8-20/h3-4,9-10,17H,2,5-8,11H2,1H3. The van der Waals surface area contributed by atoms with Crippen molar-refractivity contribution in [3.05, 3.63) is 35.1 Å². The Bertz CT molecular complexity index is 622. The Hall–Kier alpha value is -1.63. The lowest BCUT2D eigenvalue weighted by Gasteiger charge is -2.19. The minimum absolute atomic E-state index is 0.570. The van der Waals surface area contributed by atoms with Crippen LogP contribution in [-0.4, -0.2) is 53.2 Å². The van der Waals surface area contributed by atoms with Crippen LogP contribution in [0.1, 0.15) is 12.1 Å². The molecule has 2 aromatic rings. The summed E-state index contributed by atoms with van der Waals surface area (Å²) in [7, 11) is 1.61. The zero-order chi connectivity index (χ0) is 15.4. The van der Waals surface area contributed by atoms with E-state index >= 15 is 0 Å². The fourth-order valence-corrected chi connectivity index (χ4v) is 2.91. The smallest absolute Gasteiger partial charge is 0.137 e. The molecule has 0 saturated carbocycles. The van der Waals surface area contributed by atoms with Gasteiger partial charge >= 0.3 is 0 Å². The van der Waals surface area contributed by atoms with Crippen LogP contribution >= 0.6 is 11.6 Å². The van der Waals surface area contributed by atoms with E-state index in [4.69, 9.17) is 16.3 Å². The fraction of sp³-hybridized carbons (Fsp3) is 0.467. The lowest BCUT2D eigenvalue weighted by molar-refractivity contribution is 0.278. The molecule has 1 N–H and O–H groups in total. The lowest BCUT2D eigenvalue weighted by atomic mass is 10.3. The zero-order valence-corrected chi connectivity index (χ0v) is 13.4. The van der Waals surface area contributed by atoms with E-state index in [0.29, 0.717) is 10.8 Å². The molecule has 1 aromatic carbocycles. The molecule has 1 aliphatic heterocycles. The molecule has 0 unspecified atom stereocenters. The van der Waals surface area contributed by atoms with Crippen molar-refractivity contribution in [3.8, 4) is 11.4 Å². The lowest BCUT2D eigenvalue weighted by Crippen LogP contribution is -2.28. The predicted molar refractivity (Wildman–Crippen MR) is 85.7 cm³/mol. The van der Waals surface area contributed by atoms with Crippen LogP contribution in [-0.2, 0) is 6.54 Å². The molecule has 0 bridgehead atoms. The quantitative estimate of drug-likeness (QED) is 0.929. The highest BCUT2D eigenvalue weighted by Gasteiger charge is 2.14. The molecule has 1 aromatic heterocycles. The fourth-order valence-electron chi connectivity index (χ4n) is 2.66. The Labute approximate surface area is 135 Å². The van der Waals surface area contributed by atoms with Gasteiger partial charge in [-0.2, -0.15) is 0 Å². The van der Waals surface area contributed by atoms with Gasteiger partial charge in [-0.25, -0.2) is 4.68 Å². The number of nitrogens with one attached hydrogen (secondary N) is 1. The summed E-state index contributed by atoms with van der Waals surface area (Å²) in [5, 5.41) is 12.2. The van der Waals surface area contributed by atoms with E-state index in [1.165, 1.54) is 0 Å². The summed E-state index contributed by atoms with van der Waals surface area (Å²) in [4.78, 5) is 2.42. The summed E-state index contributed by atoms with van der Waals surface area (Å²) < 4.78 is 7.03. The molecular formula is C15H20ClN5O. The number of nitrogens with zero attached hydrogens (tertiary/aromatic N) is 4. The third-order valence-corrected chi connectivity index (χ3v) is 4.11. The van der Waals surface area contributed by atoms with Crippen molar-refractivity contribution in [1.82, 2.24) is 25.2 Å². The molecule has 0 radical (unpaired) electrons. The average molecular weight is 322 g/mol. The van der Waals surface area contributed by atoms with Crippen molar-refractivity contribution in [2.24, 2.45) is 0 Å². The van der Waals surface area contributed by atoms with Crippen molar-refractivity contribution in [2.45, 2.75) is 13.0 Å². The highest BCUT2D eigenvalue weighted by molar-refractivity contribution is 6.32. The third kappa shape index (κ3) is 3.40. The van der Waals surface area contributed by atoms with Crippen LogP contribution in [0.2, 0.25) is 5.02 Å². The molecule has 6 nitrogen and oxygen atoms in total. The molecule has 1 saturated heterocycles. The van der Waals surface area contributed by atoms with Crippen molar-refractivity contribution < 1.29 is 4.74 Å². The third-order valence-electron chi connectivity index (χ3n) is 3.82. The number of halogens is 1. The molecule has 0 spiro atoms. The van der Waals surface area contributed by atoms with E-state index < -0.39 is 0 Å². The molecular weight excluding hydrogens is 302 g/mol. The van der Waals surface area contributed by atoms with Crippen LogP contribution in [0.15, 0.2) is 24.4 Å². The van der Waals surface area contributed by atoms with Crippen molar-refractivity contribution in [3.63, 3.8) is 0 Å². The van der Waals surface area contributed by atoms with Gasteiger partial charge in [-0.3, -0.25) is 4.90 Å². The van der Waals surface area contributed by atoms with Gasteiger partial charge in [0.05, 0.1) is 29.7 Å². The van der Waals surface area contributed by atoms with E-state index in [9.17, 15) is 0 Å². The van der Waals surface area contributed by atoms with E-state index in [1.54, 1.807) is 7.11 Å². The number of methoxy groups -OCH3 is 1. The first kappa shape index (κ1) is 15.3. The first-order valence-corrected chi connectivity index (χ1v) is 7.82. The maximum Gasteiger partial charge on any atom is 0.137 e. The minimum atomic E-state index is 0.570. The van der Waals surface area contributed by atoms with Crippen LogP contribution in [0.3, 0.4) is 0 Å². The predicted octanol–water partition coefficient (Wildman–Crippen LogP) is 1.72. The van der Waals surface area contributed by atoms with Gasteiger partial charge in [-0.15, -0.1) is 5.10 Å². The second-order valence-electron chi connectivity index (χ2n) is 5.34. The Morgan fingerprint density at radius 1 is 1.32 bits per heavy atom. The van der Waals surface area contributed by atoms with Crippen molar-refractivity contribution >= 4 is 11.6 Å². The number of aromatic nitrogens is 3. The van der Waals surface area contributed by atoms with Crippen LogP contribution in [0.5, 0.6) is 5.75 Å². The molecule has 2 heterocycles. The van der Waals surface area contributed by atoms with Gasteiger partial charge in [0.25, 0.3) is 0 Å². The van der Waals surface area contributed by atoms with Crippen molar-refractivity contribution in [1.29, 1.82) is 0 Å². The largest absolute Gasteiger partial charge is 0.495 e. The Kier molecular flexibility index (Phi) is 4.92. The van der Waals surface area contributed by atoms with Gasteiger partial charge in [0, 0.05) is 19.6 Å². The van der Waals surface area contributed by atoms with E-state index in [2.05, 4.69) is 20.5 Å². The van der Waals surface area contributed by atoms with Crippen LogP contribution in [0, 0.1) is 0 Å². The molecule has 0 aliphatic carbocycles. The summed E-state index contributed by atoms with van der Waals surface area (Å²) in [6.45, 7) is 5.06. The van der Waals surface area contributed by atoms with Gasteiger partial charge in [-0.05, 0) is 37.7 Å². The second-order valence-corrected chi connectivity index (χ2v) is 5.74. The van der Waals surface area contributed by atoms with Gasteiger partial charge in [0.1, 0.15) is 5.75 Å². The van der Waals surface area contributed by atoms with Crippen LogP contribution in [0.4, 0.5) is 0 Å². The van der Waals surface area contributed by atoms with E-state index in [-0.39, 0.29) is 0 Å². The molecule has 1 aliphatic rings. The van der Waals surface area contributed by atoms with Gasteiger partial charge in [0.2, 0.25) is 0 Å². The SMILES string of the molecule is COc1ccc(-n2nncc2CN2CCCNCC2)cc1Cl. The maximum absolute atomic E-state index is 6.21. The average Bonchev–Trinajstić information content (AvgIpc) is 2.82. The Morgan fingerprint density at radius 2 is 2.23 bits per heavy atom. The monoisotopic (exact) mass is 321 g/mol. The Morgan fingerprint density at radius 3 is 3.05 bits per heavy atom. The molecule has 7 heteroatoms. The maximum atomic E-state index is 6.21. The molecule has 0 atom stereocenters. The number of hydrogen-bond donors (Lipinski definition) is 1. The highest BCUT2D eigenvalue weighted by atomic mass is 35.5. The van der Waals surface area contributed by atoms with Gasteiger partial charge in [0.15, 0.2) is 0 Å². The number of rotatable bonds is 4. The molecule has 3 rings (SSSR count). The number of hydrogen-bond acceptors (Lipinski definition) is 5. The molecule has 1 fully saturated rings. The van der Waals surface area contributed by atoms with E-state index in [0.717, 1.165) is 50.5 Å². The summed E-state index contributed by atoms with van der Waals surface area (Å²) in [6, 6.07) is 5.63. The van der Waals surface area contributed by atoms with Crippen LogP contribution < -0.4 is 10.1 Å². The van der Waals surface area contributed by atoms with Crippen LogP contribution in [0.25, 0.3) is 5.69 Å². The topological polar surface area (TPSA) is 55.2 Å². The summed E-state index contributed by atoms with van der Waals surface area (Å²) >= 11 is 6.21. The van der Waals surface area contributed by atoms with E-state index in [1.807, 2.05) is 29.1 Å². The first-order chi connectivity index (χ1) is 10.8. The van der Waals surface area contributed by atoms with Gasteiger partial charge in [-0.1, -0.05) is 16.8 Å².